The van der Waals surface area contributed by atoms with Gasteiger partial charge in [-0.1, -0.05) is 175 Å². The van der Waals surface area contributed by atoms with Crippen molar-refractivity contribution in [2.24, 2.45) is 47.3 Å². The lowest BCUT2D eigenvalue weighted by atomic mass is 9.67. The number of benzene rings is 3. The van der Waals surface area contributed by atoms with E-state index < -0.39 is 0 Å². The Hall–Kier alpha value is -4.68. The molecular weight excluding hydrogens is 697 g/mol. The van der Waals surface area contributed by atoms with Crippen LogP contribution in [0.25, 0.3) is 45.2 Å². The van der Waals surface area contributed by atoms with Gasteiger partial charge in [-0.25, -0.2) is 0 Å². The number of hydrogen-bond donors (Lipinski definition) is 0. The maximum Gasteiger partial charge on any atom is 0.0208 e. The Morgan fingerprint density at radius 3 is 1.76 bits per heavy atom. The summed E-state index contributed by atoms with van der Waals surface area (Å²) in [6.07, 6.45) is 25.1. The van der Waals surface area contributed by atoms with E-state index >= 15 is 0 Å². The molecule has 3 aromatic carbocycles. The first-order valence-corrected chi connectivity index (χ1v) is 22.5. The third-order valence-corrected chi connectivity index (χ3v) is 14.4. The fourth-order valence-corrected chi connectivity index (χ4v) is 11.8. The van der Waals surface area contributed by atoms with E-state index in [1.54, 1.807) is 16.7 Å². The Morgan fingerprint density at radius 2 is 1.16 bits per heavy atom. The molecule has 3 aromatic rings. The molecule has 0 saturated heterocycles. The van der Waals surface area contributed by atoms with E-state index in [0.717, 1.165) is 0 Å². The molecule has 6 aliphatic carbocycles. The van der Waals surface area contributed by atoms with E-state index in [0.29, 0.717) is 53.3 Å². The van der Waals surface area contributed by atoms with Gasteiger partial charge in [0.25, 0.3) is 0 Å². The average molecular weight is 761 g/mol. The topological polar surface area (TPSA) is 0 Å². The average Bonchev–Trinajstić information content (AvgIpc) is 3.68. The second kappa shape index (κ2) is 14.3. The summed E-state index contributed by atoms with van der Waals surface area (Å²) in [7, 11) is 0. The zero-order chi connectivity index (χ0) is 41.1. The molecule has 4 unspecified atom stereocenters. The Balaban J connectivity index is 1.31. The number of fused-ring (bicyclic) bond motifs is 7. The lowest BCUT2D eigenvalue weighted by Gasteiger charge is -2.36. The minimum atomic E-state index is 0.281. The third kappa shape index (κ3) is 5.68. The fourth-order valence-electron chi connectivity index (χ4n) is 11.8. The fraction of sp³-hybridized carbons (Fsp3) is 0.379. The van der Waals surface area contributed by atoms with E-state index in [1.807, 2.05) is 0 Å². The van der Waals surface area contributed by atoms with Crippen LogP contribution in [0.3, 0.4) is 0 Å². The van der Waals surface area contributed by atoms with Crippen molar-refractivity contribution in [1.29, 1.82) is 0 Å². The van der Waals surface area contributed by atoms with E-state index in [1.165, 1.54) is 88.7 Å². The predicted molar refractivity (Wildman–Crippen MR) is 254 cm³/mol. The first kappa shape index (κ1) is 38.8. The van der Waals surface area contributed by atoms with Crippen molar-refractivity contribution in [3.63, 3.8) is 0 Å². The van der Waals surface area contributed by atoms with Crippen molar-refractivity contribution >= 4 is 45.2 Å². The molecule has 0 amide bonds. The van der Waals surface area contributed by atoms with Crippen molar-refractivity contribution in [3.8, 4) is 0 Å². The minimum absolute atomic E-state index is 0.281. The van der Waals surface area contributed by atoms with Gasteiger partial charge in [0, 0.05) is 23.7 Å². The van der Waals surface area contributed by atoms with Crippen LogP contribution >= 0.6 is 0 Å². The molecule has 0 spiro atoms. The van der Waals surface area contributed by atoms with Crippen LogP contribution in [0.4, 0.5) is 0 Å². The first-order valence-electron chi connectivity index (χ1n) is 22.5. The zero-order valence-electron chi connectivity index (χ0n) is 37.2. The van der Waals surface area contributed by atoms with Gasteiger partial charge < -0.3 is 0 Å². The van der Waals surface area contributed by atoms with Gasteiger partial charge in [-0.05, 0) is 153 Å². The zero-order valence-corrected chi connectivity index (χ0v) is 37.2. The minimum Gasteiger partial charge on any atom is -0.0984 e. The van der Waals surface area contributed by atoms with Gasteiger partial charge in [-0.15, -0.1) is 0 Å². The van der Waals surface area contributed by atoms with E-state index in [2.05, 4.69) is 187 Å². The van der Waals surface area contributed by atoms with Gasteiger partial charge in [-0.3, -0.25) is 0 Å². The molecule has 58 heavy (non-hydrogen) atoms. The summed E-state index contributed by atoms with van der Waals surface area (Å²) < 4.78 is 0. The largest absolute Gasteiger partial charge is 0.0984 e. The van der Waals surface area contributed by atoms with Crippen LogP contribution in [0.1, 0.15) is 139 Å². The quantitative estimate of drug-likeness (QED) is 0.204. The molecule has 296 valence electrons. The Morgan fingerprint density at radius 1 is 0.552 bits per heavy atom. The summed E-state index contributed by atoms with van der Waals surface area (Å²) in [6.45, 7) is 33.3. The van der Waals surface area contributed by atoms with Crippen LogP contribution in [0.5, 0.6) is 0 Å². The van der Waals surface area contributed by atoms with Crippen LogP contribution in [0, 0.1) is 47.3 Å². The SMILES string of the molecule is C=Cc1c(C=CC2=C(C(C)C)C=C3c4cc5ccccc5cc4C4=C(C(C)C)C=CC2C34)c(C(C)C)c2c(c1C(C)C)C1=C(C(C)C)C=CC3C=C(C(C)C)C=C2C13. The first-order chi connectivity index (χ1) is 27.7. The van der Waals surface area contributed by atoms with Crippen LogP contribution in [0.15, 0.2) is 119 Å². The predicted octanol–water partition coefficient (Wildman–Crippen LogP) is 16.2. The molecular formula is C58H64. The number of allylic oxidation sites excluding steroid dienone is 17. The highest BCUT2D eigenvalue weighted by Crippen LogP contribution is 2.62. The molecule has 6 aliphatic rings. The molecule has 0 bridgehead atoms. The molecule has 0 nitrogen and oxygen atoms in total. The van der Waals surface area contributed by atoms with Gasteiger partial charge in [0.05, 0.1) is 0 Å². The summed E-state index contributed by atoms with van der Waals surface area (Å²) in [5.41, 5.74) is 25.2. The lowest BCUT2D eigenvalue weighted by molar-refractivity contribution is 0.631. The molecule has 0 aromatic heterocycles. The second-order valence-electron chi connectivity index (χ2n) is 19.9. The summed E-state index contributed by atoms with van der Waals surface area (Å²) >= 11 is 0. The van der Waals surface area contributed by atoms with E-state index in [-0.39, 0.29) is 5.92 Å². The summed E-state index contributed by atoms with van der Waals surface area (Å²) in [5, 5.41) is 2.66. The van der Waals surface area contributed by atoms with E-state index in [4.69, 9.17) is 0 Å². The van der Waals surface area contributed by atoms with Gasteiger partial charge in [0.15, 0.2) is 0 Å². The van der Waals surface area contributed by atoms with Gasteiger partial charge in [0.1, 0.15) is 0 Å². The normalized spacial score (nSPS) is 23.0. The van der Waals surface area contributed by atoms with Crippen LogP contribution in [-0.2, 0) is 0 Å². The van der Waals surface area contributed by atoms with Crippen molar-refractivity contribution in [1.82, 2.24) is 0 Å². The number of rotatable bonds is 9. The lowest BCUT2D eigenvalue weighted by Crippen LogP contribution is -2.23. The van der Waals surface area contributed by atoms with Crippen molar-refractivity contribution in [3.05, 3.63) is 164 Å². The standard InChI is InChI=1S/C58H64/c1-14-40-44(52(35(12)13)57-50-28-39(30(2)3)25-38-19-20-42(32(6)7)56(53(38)50)58(57)51(40)34(10)11)24-22-43-45-23-21-41(31(4)5)54-48-27-37-18-16-15-17-36(37)26-47(48)49(55(45)54)29-46(43)33(8)9/h14-35,38,45,53,55H,1H2,2-13H3. The molecule has 0 aliphatic heterocycles. The Labute approximate surface area is 350 Å². The molecule has 0 fully saturated rings. The highest BCUT2D eigenvalue weighted by atomic mass is 14.5. The van der Waals surface area contributed by atoms with Gasteiger partial charge >= 0.3 is 0 Å². The third-order valence-electron chi connectivity index (χ3n) is 14.4. The van der Waals surface area contributed by atoms with Crippen LogP contribution < -0.4 is 0 Å². The Kier molecular flexibility index (Phi) is 9.54. The molecule has 0 saturated carbocycles. The molecule has 4 atom stereocenters. The monoisotopic (exact) mass is 761 g/mol. The summed E-state index contributed by atoms with van der Waals surface area (Å²) in [5.74, 6) is 3.83. The highest BCUT2D eigenvalue weighted by molar-refractivity contribution is 6.05. The maximum absolute atomic E-state index is 4.60. The second-order valence-corrected chi connectivity index (χ2v) is 19.9. The highest BCUT2D eigenvalue weighted by Gasteiger charge is 2.46. The van der Waals surface area contributed by atoms with Gasteiger partial charge in [-0.2, -0.15) is 0 Å². The Bertz CT molecular complexity index is 2580. The molecule has 0 heterocycles. The smallest absolute Gasteiger partial charge is 0.0208 e. The molecule has 0 N–H and O–H groups in total. The number of hydrogen-bond acceptors (Lipinski definition) is 0. The summed E-state index contributed by atoms with van der Waals surface area (Å²) in [6, 6.07) is 13.9. The molecule has 9 rings (SSSR count). The molecule has 0 heteroatoms. The van der Waals surface area contributed by atoms with Crippen LogP contribution in [-0.4, -0.2) is 0 Å². The van der Waals surface area contributed by atoms with Crippen LogP contribution in [0.2, 0.25) is 0 Å². The summed E-state index contributed by atoms with van der Waals surface area (Å²) in [4.78, 5) is 0. The maximum atomic E-state index is 4.60. The van der Waals surface area contributed by atoms with Crippen molar-refractivity contribution in [2.75, 3.05) is 0 Å². The van der Waals surface area contributed by atoms with Crippen molar-refractivity contribution < 1.29 is 0 Å². The molecule has 0 radical (unpaired) electrons. The van der Waals surface area contributed by atoms with Gasteiger partial charge in [0.2, 0.25) is 0 Å². The van der Waals surface area contributed by atoms with Crippen molar-refractivity contribution in [2.45, 2.75) is 94.9 Å². The van der Waals surface area contributed by atoms with E-state index in [9.17, 15) is 0 Å².